The maximum absolute atomic E-state index is 3.65. The van der Waals surface area contributed by atoms with Crippen LogP contribution in [0.15, 0.2) is 0 Å². The number of hydrogen-bond acceptors (Lipinski definition) is 2. The van der Waals surface area contributed by atoms with Gasteiger partial charge in [0, 0.05) is 19.1 Å². The molecule has 0 radical (unpaired) electrons. The van der Waals surface area contributed by atoms with Gasteiger partial charge in [0.05, 0.1) is 0 Å². The van der Waals surface area contributed by atoms with E-state index < -0.39 is 0 Å². The fourth-order valence-electron chi connectivity index (χ4n) is 3.71. The molecule has 0 amide bonds. The first-order valence-electron chi connectivity index (χ1n) is 8.34. The summed E-state index contributed by atoms with van der Waals surface area (Å²) >= 11 is 0. The molecule has 1 N–H and O–H groups in total. The largest absolute Gasteiger partial charge is 0.313 e. The Morgan fingerprint density at radius 2 is 1.72 bits per heavy atom. The monoisotopic (exact) mass is 252 g/mol. The molecule has 1 saturated carbocycles. The van der Waals surface area contributed by atoms with Gasteiger partial charge in [-0.2, -0.15) is 0 Å². The van der Waals surface area contributed by atoms with Crippen molar-refractivity contribution >= 4 is 0 Å². The third-order valence-corrected chi connectivity index (χ3v) is 4.67. The summed E-state index contributed by atoms with van der Waals surface area (Å²) in [5.41, 5.74) is 0. The molecule has 0 aromatic carbocycles. The first-order valence-corrected chi connectivity index (χ1v) is 8.34. The SMILES string of the molecule is CCCN(CC1CCCCCC1)CC1CCCN1. The minimum Gasteiger partial charge on any atom is -0.313 e. The summed E-state index contributed by atoms with van der Waals surface area (Å²) in [6, 6.07) is 0.780. The van der Waals surface area contributed by atoms with Gasteiger partial charge in [-0.15, -0.1) is 0 Å². The van der Waals surface area contributed by atoms with Gasteiger partial charge in [-0.05, 0) is 51.1 Å². The molecule has 0 bridgehead atoms. The zero-order valence-electron chi connectivity index (χ0n) is 12.3. The zero-order valence-corrected chi connectivity index (χ0v) is 12.3. The zero-order chi connectivity index (χ0) is 12.6. The topological polar surface area (TPSA) is 15.3 Å². The molecule has 2 nitrogen and oxygen atoms in total. The highest BCUT2D eigenvalue weighted by atomic mass is 15.2. The van der Waals surface area contributed by atoms with Gasteiger partial charge < -0.3 is 10.2 Å². The molecule has 0 aromatic heterocycles. The maximum atomic E-state index is 3.65. The molecule has 18 heavy (non-hydrogen) atoms. The lowest BCUT2D eigenvalue weighted by molar-refractivity contribution is 0.203. The van der Waals surface area contributed by atoms with Crippen molar-refractivity contribution in [1.82, 2.24) is 10.2 Å². The van der Waals surface area contributed by atoms with Gasteiger partial charge in [-0.25, -0.2) is 0 Å². The minimum absolute atomic E-state index is 0.780. The Balaban J connectivity index is 1.76. The fourth-order valence-corrected chi connectivity index (χ4v) is 3.71. The Hall–Kier alpha value is -0.0800. The van der Waals surface area contributed by atoms with Crippen LogP contribution in [0.25, 0.3) is 0 Å². The molecule has 0 aromatic rings. The second-order valence-corrected chi connectivity index (χ2v) is 6.41. The van der Waals surface area contributed by atoms with Gasteiger partial charge >= 0.3 is 0 Å². The molecule has 2 rings (SSSR count). The van der Waals surface area contributed by atoms with E-state index in [1.807, 2.05) is 0 Å². The van der Waals surface area contributed by atoms with Crippen LogP contribution in [0.3, 0.4) is 0 Å². The molecule has 0 spiro atoms. The first-order chi connectivity index (χ1) is 8.88. The molecule has 1 saturated heterocycles. The van der Waals surface area contributed by atoms with Crippen LogP contribution in [0, 0.1) is 5.92 Å². The molecule has 1 atom stereocenters. The summed E-state index contributed by atoms with van der Waals surface area (Å²) < 4.78 is 0. The van der Waals surface area contributed by atoms with Crippen LogP contribution in [0.2, 0.25) is 0 Å². The first kappa shape index (κ1) is 14.3. The van der Waals surface area contributed by atoms with Crippen LogP contribution >= 0.6 is 0 Å². The predicted molar refractivity (Wildman–Crippen MR) is 78.9 cm³/mol. The van der Waals surface area contributed by atoms with Crippen molar-refractivity contribution in [3.63, 3.8) is 0 Å². The van der Waals surface area contributed by atoms with Gasteiger partial charge in [0.25, 0.3) is 0 Å². The summed E-state index contributed by atoms with van der Waals surface area (Å²) in [5.74, 6) is 0.987. The lowest BCUT2D eigenvalue weighted by Gasteiger charge is -2.29. The Morgan fingerprint density at radius 3 is 2.33 bits per heavy atom. The number of hydrogen-bond donors (Lipinski definition) is 1. The normalized spacial score (nSPS) is 26.7. The summed E-state index contributed by atoms with van der Waals surface area (Å²) in [5, 5.41) is 3.65. The van der Waals surface area contributed by atoms with Gasteiger partial charge in [-0.1, -0.05) is 32.6 Å². The molecular formula is C16H32N2. The van der Waals surface area contributed by atoms with Gasteiger partial charge in [0.2, 0.25) is 0 Å². The van der Waals surface area contributed by atoms with Crippen LogP contribution in [0.4, 0.5) is 0 Å². The van der Waals surface area contributed by atoms with E-state index in [0.717, 1.165) is 12.0 Å². The predicted octanol–water partition coefficient (Wildman–Crippen LogP) is 3.42. The van der Waals surface area contributed by atoms with E-state index in [2.05, 4.69) is 17.1 Å². The Morgan fingerprint density at radius 1 is 0.944 bits per heavy atom. The minimum atomic E-state index is 0.780. The van der Waals surface area contributed by atoms with Crippen LogP contribution in [0.1, 0.15) is 64.7 Å². The Labute approximate surface area is 114 Å². The second-order valence-electron chi connectivity index (χ2n) is 6.41. The smallest absolute Gasteiger partial charge is 0.0195 e. The van der Waals surface area contributed by atoms with Crippen molar-refractivity contribution in [1.29, 1.82) is 0 Å². The average molecular weight is 252 g/mol. The highest BCUT2D eigenvalue weighted by Gasteiger charge is 2.20. The maximum Gasteiger partial charge on any atom is 0.0195 e. The molecular weight excluding hydrogens is 220 g/mol. The quantitative estimate of drug-likeness (QED) is 0.729. The second kappa shape index (κ2) is 8.16. The van der Waals surface area contributed by atoms with E-state index in [9.17, 15) is 0 Å². The molecule has 1 heterocycles. The van der Waals surface area contributed by atoms with Crippen LogP contribution in [0.5, 0.6) is 0 Å². The van der Waals surface area contributed by atoms with E-state index in [-0.39, 0.29) is 0 Å². The van der Waals surface area contributed by atoms with E-state index in [4.69, 9.17) is 0 Å². The van der Waals surface area contributed by atoms with Crippen LogP contribution in [-0.4, -0.2) is 37.1 Å². The van der Waals surface area contributed by atoms with Gasteiger partial charge in [0.1, 0.15) is 0 Å². The molecule has 1 aliphatic heterocycles. The van der Waals surface area contributed by atoms with Crippen molar-refractivity contribution in [3.05, 3.63) is 0 Å². The van der Waals surface area contributed by atoms with Crippen molar-refractivity contribution in [2.24, 2.45) is 5.92 Å². The highest BCUT2D eigenvalue weighted by Crippen LogP contribution is 2.24. The van der Waals surface area contributed by atoms with Crippen molar-refractivity contribution < 1.29 is 0 Å². The number of rotatable bonds is 6. The lowest BCUT2D eigenvalue weighted by atomic mass is 9.99. The third-order valence-electron chi connectivity index (χ3n) is 4.67. The summed E-state index contributed by atoms with van der Waals surface area (Å²) in [6.07, 6.45) is 13.0. The van der Waals surface area contributed by atoms with E-state index in [1.54, 1.807) is 0 Å². The van der Waals surface area contributed by atoms with Crippen molar-refractivity contribution in [3.8, 4) is 0 Å². The lowest BCUT2D eigenvalue weighted by Crippen LogP contribution is -2.40. The van der Waals surface area contributed by atoms with E-state index in [0.29, 0.717) is 0 Å². The number of nitrogens with one attached hydrogen (secondary N) is 1. The summed E-state index contributed by atoms with van der Waals surface area (Å²) in [4.78, 5) is 2.75. The van der Waals surface area contributed by atoms with E-state index >= 15 is 0 Å². The van der Waals surface area contributed by atoms with Crippen LogP contribution in [-0.2, 0) is 0 Å². The molecule has 2 heteroatoms. The molecule has 106 valence electrons. The third kappa shape index (κ3) is 4.89. The van der Waals surface area contributed by atoms with Gasteiger partial charge in [-0.3, -0.25) is 0 Å². The van der Waals surface area contributed by atoms with Crippen LogP contribution < -0.4 is 5.32 Å². The molecule has 2 aliphatic rings. The van der Waals surface area contributed by atoms with Crippen molar-refractivity contribution in [2.45, 2.75) is 70.8 Å². The summed E-state index contributed by atoms with van der Waals surface area (Å²) in [7, 11) is 0. The summed E-state index contributed by atoms with van der Waals surface area (Å²) in [6.45, 7) is 7.53. The Kier molecular flexibility index (Phi) is 6.50. The standard InChI is InChI=1S/C16H32N2/c1-2-12-18(14-16-10-7-11-17-16)13-15-8-5-3-4-6-9-15/h15-17H,2-14H2,1H3. The highest BCUT2D eigenvalue weighted by molar-refractivity contribution is 4.79. The van der Waals surface area contributed by atoms with E-state index in [1.165, 1.54) is 84.0 Å². The van der Waals surface area contributed by atoms with Crippen molar-refractivity contribution in [2.75, 3.05) is 26.2 Å². The molecule has 1 unspecified atom stereocenters. The molecule has 2 fully saturated rings. The van der Waals surface area contributed by atoms with Gasteiger partial charge in [0.15, 0.2) is 0 Å². The average Bonchev–Trinajstić information content (AvgIpc) is 2.73. The Bertz CT molecular complexity index is 203. The fraction of sp³-hybridized carbons (Fsp3) is 1.00. The molecule has 1 aliphatic carbocycles. The number of nitrogens with zero attached hydrogens (tertiary/aromatic N) is 1.